The summed E-state index contributed by atoms with van der Waals surface area (Å²) in [5, 5.41) is 8.51. The molecular weight excluding hydrogens is 154 g/mol. The summed E-state index contributed by atoms with van der Waals surface area (Å²) in [6, 6.07) is 0. The summed E-state index contributed by atoms with van der Waals surface area (Å²) < 4.78 is 5.01. The van der Waals surface area contributed by atoms with Crippen molar-refractivity contribution >= 4 is 17.4 Å². The van der Waals surface area contributed by atoms with Crippen molar-refractivity contribution in [2.75, 3.05) is 13.2 Å². The molecule has 0 fully saturated rings. The Labute approximate surface area is 59.6 Å². The van der Waals surface area contributed by atoms with Crippen molar-refractivity contribution in [1.82, 2.24) is 0 Å². The number of aliphatic hydroxyl groups excluding tert-OH is 1. The molecule has 0 bridgehead atoms. The summed E-state index contributed by atoms with van der Waals surface area (Å²) in [7, 11) is 2.94. The van der Waals surface area contributed by atoms with Crippen LogP contribution in [0.25, 0.3) is 0 Å². The normalized spacial score (nSPS) is 13.4. The molecular formula is C5H12O2P2. The van der Waals surface area contributed by atoms with E-state index in [2.05, 4.69) is 8.93 Å². The Balaban J connectivity index is 3.21. The highest BCUT2D eigenvalue weighted by Gasteiger charge is 1.82. The molecule has 0 heterocycles. The minimum Gasteiger partial charge on any atom is -0.392 e. The highest BCUT2D eigenvalue weighted by atomic mass is 32.0. The van der Waals surface area contributed by atoms with Crippen LogP contribution in [0.15, 0.2) is 11.6 Å². The van der Waals surface area contributed by atoms with Crippen molar-refractivity contribution in [3.63, 3.8) is 0 Å². The molecule has 0 amide bonds. The van der Waals surface area contributed by atoms with Crippen LogP contribution in [0.2, 0.25) is 0 Å². The standard InChI is InChI=1S/C5H12O2P2/c1-5(4-6)2-3-7-9-8/h2,6,9H,3-4,8H2,1H3. The Morgan fingerprint density at radius 1 is 1.89 bits per heavy atom. The first kappa shape index (κ1) is 9.52. The van der Waals surface area contributed by atoms with Crippen LogP contribution in [0.3, 0.4) is 0 Å². The second-order valence-electron chi connectivity index (χ2n) is 1.64. The lowest BCUT2D eigenvalue weighted by molar-refractivity contribution is 0.328. The molecule has 0 spiro atoms. The minimum atomic E-state index is 0.128. The SMILES string of the molecule is CC(=CCOPP)CO. The molecule has 0 radical (unpaired) electrons. The maximum absolute atomic E-state index is 8.51. The van der Waals surface area contributed by atoms with E-state index in [-0.39, 0.29) is 6.61 Å². The molecule has 0 rings (SSSR count). The summed E-state index contributed by atoms with van der Waals surface area (Å²) >= 11 is 0. The maximum atomic E-state index is 8.51. The molecule has 0 aliphatic heterocycles. The first-order valence-electron chi connectivity index (χ1n) is 2.65. The first-order chi connectivity index (χ1) is 4.31. The van der Waals surface area contributed by atoms with Gasteiger partial charge in [0, 0.05) is 8.50 Å². The van der Waals surface area contributed by atoms with E-state index < -0.39 is 0 Å². The first-order valence-corrected chi connectivity index (χ1v) is 5.37. The van der Waals surface area contributed by atoms with E-state index in [0.29, 0.717) is 15.1 Å². The predicted octanol–water partition coefficient (Wildman–Crippen LogP) is 1.33. The molecule has 1 N–H and O–H groups in total. The molecule has 0 aromatic heterocycles. The molecule has 4 heteroatoms. The van der Waals surface area contributed by atoms with Gasteiger partial charge in [0.2, 0.25) is 0 Å². The highest BCUT2D eigenvalue weighted by molar-refractivity contribution is 8.00. The molecule has 0 saturated carbocycles. The second kappa shape index (κ2) is 6.64. The lowest BCUT2D eigenvalue weighted by Gasteiger charge is -1.95. The van der Waals surface area contributed by atoms with Crippen molar-refractivity contribution in [3.8, 4) is 0 Å². The quantitative estimate of drug-likeness (QED) is 0.387. The maximum Gasteiger partial charge on any atom is 0.0694 e. The van der Waals surface area contributed by atoms with Crippen LogP contribution < -0.4 is 0 Å². The monoisotopic (exact) mass is 166 g/mol. The van der Waals surface area contributed by atoms with Crippen LogP contribution >= 0.6 is 17.4 Å². The third kappa shape index (κ3) is 6.40. The Kier molecular flexibility index (Phi) is 7.02. The van der Waals surface area contributed by atoms with E-state index in [1.165, 1.54) is 0 Å². The molecule has 0 aromatic rings. The average Bonchev–Trinajstić information content (AvgIpc) is 1.89. The topological polar surface area (TPSA) is 29.5 Å². The molecule has 2 unspecified atom stereocenters. The third-order valence-corrected chi connectivity index (χ3v) is 1.68. The van der Waals surface area contributed by atoms with Crippen LogP contribution in [-0.2, 0) is 4.52 Å². The lowest BCUT2D eigenvalue weighted by atomic mass is 10.3. The van der Waals surface area contributed by atoms with Gasteiger partial charge in [-0.3, -0.25) is 0 Å². The van der Waals surface area contributed by atoms with Gasteiger partial charge < -0.3 is 9.63 Å². The summed E-state index contributed by atoms with van der Waals surface area (Å²) in [6.07, 6.45) is 1.87. The van der Waals surface area contributed by atoms with Gasteiger partial charge in [0.25, 0.3) is 0 Å². The van der Waals surface area contributed by atoms with E-state index in [0.717, 1.165) is 5.57 Å². The molecule has 0 aliphatic carbocycles. The van der Waals surface area contributed by atoms with E-state index in [4.69, 9.17) is 9.63 Å². The van der Waals surface area contributed by atoms with Crippen LogP contribution in [-0.4, -0.2) is 18.3 Å². The van der Waals surface area contributed by atoms with Crippen molar-refractivity contribution < 1.29 is 9.63 Å². The van der Waals surface area contributed by atoms with Gasteiger partial charge in [0.1, 0.15) is 0 Å². The lowest BCUT2D eigenvalue weighted by Crippen LogP contribution is -1.86. The summed E-state index contributed by atoms with van der Waals surface area (Å²) in [6.45, 7) is 2.60. The van der Waals surface area contributed by atoms with Crippen molar-refractivity contribution in [2.45, 2.75) is 6.92 Å². The zero-order valence-corrected chi connectivity index (χ0v) is 7.58. The van der Waals surface area contributed by atoms with Crippen LogP contribution in [0.1, 0.15) is 6.92 Å². The Hall–Kier alpha value is 0.520. The van der Waals surface area contributed by atoms with Gasteiger partial charge in [-0.05, 0) is 12.5 Å². The van der Waals surface area contributed by atoms with Gasteiger partial charge in [-0.1, -0.05) is 15.0 Å². The number of rotatable bonds is 4. The fourth-order valence-electron chi connectivity index (χ4n) is 0.297. The number of hydrogen-bond acceptors (Lipinski definition) is 2. The van der Waals surface area contributed by atoms with Gasteiger partial charge >= 0.3 is 0 Å². The third-order valence-electron chi connectivity index (χ3n) is 0.848. The number of aliphatic hydroxyl groups is 1. The fraction of sp³-hybridized carbons (Fsp3) is 0.600. The van der Waals surface area contributed by atoms with Crippen LogP contribution in [0.5, 0.6) is 0 Å². The predicted molar refractivity (Wildman–Crippen MR) is 44.8 cm³/mol. The van der Waals surface area contributed by atoms with E-state index >= 15 is 0 Å². The van der Waals surface area contributed by atoms with Crippen molar-refractivity contribution in [3.05, 3.63) is 11.6 Å². The molecule has 9 heavy (non-hydrogen) atoms. The summed E-state index contributed by atoms with van der Waals surface area (Å²) in [4.78, 5) is 0. The Morgan fingerprint density at radius 2 is 2.56 bits per heavy atom. The molecule has 2 atom stereocenters. The summed E-state index contributed by atoms with van der Waals surface area (Å²) in [5.41, 5.74) is 0.957. The smallest absolute Gasteiger partial charge is 0.0694 e. The Bertz CT molecular complexity index is 93.0. The molecule has 2 nitrogen and oxygen atoms in total. The van der Waals surface area contributed by atoms with Crippen LogP contribution in [0.4, 0.5) is 0 Å². The molecule has 0 saturated heterocycles. The summed E-state index contributed by atoms with van der Waals surface area (Å²) in [5.74, 6) is 0. The van der Waals surface area contributed by atoms with Gasteiger partial charge in [0.05, 0.1) is 13.2 Å². The molecule has 54 valence electrons. The zero-order chi connectivity index (χ0) is 7.11. The van der Waals surface area contributed by atoms with E-state index in [1.807, 2.05) is 13.0 Å². The van der Waals surface area contributed by atoms with E-state index in [9.17, 15) is 0 Å². The Morgan fingerprint density at radius 3 is 3.00 bits per heavy atom. The number of hydrogen-bond donors (Lipinski definition) is 1. The highest BCUT2D eigenvalue weighted by Crippen LogP contribution is 2.20. The average molecular weight is 166 g/mol. The fourth-order valence-corrected chi connectivity index (χ4v) is 0.765. The molecule has 0 aromatic carbocycles. The minimum absolute atomic E-state index is 0.128. The van der Waals surface area contributed by atoms with Crippen molar-refractivity contribution in [2.24, 2.45) is 0 Å². The van der Waals surface area contributed by atoms with Gasteiger partial charge in [-0.15, -0.1) is 0 Å². The van der Waals surface area contributed by atoms with Gasteiger partial charge in [-0.2, -0.15) is 0 Å². The second-order valence-corrected chi connectivity index (χ2v) is 2.87. The molecule has 0 aliphatic rings. The van der Waals surface area contributed by atoms with Crippen molar-refractivity contribution in [1.29, 1.82) is 0 Å². The van der Waals surface area contributed by atoms with Gasteiger partial charge in [-0.25, -0.2) is 0 Å². The zero-order valence-electron chi connectivity index (χ0n) is 5.42. The van der Waals surface area contributed by atoms with Crippen LogP contribution in [0, 0.1) is 0 Å². The van der Waals surface area contributed by atoms with Gasteiger partial charge in [0.15, 0.2) is 0 Å². The van der Waals surface area contributed by atoms with E-state index in [1.54, 1.807) is 0 Å². The largest absolute Gasteiger partial charge is 0.392 e.